The molecule has 4 aliphatic rings. The van der Waals surface area contributed by atoms with Crippen LogP contribution in [-0.2, 0) is 14.3 Å². The zero-order chi connectivity index (χ0) is 16.6. The summed E-state index contributed by atoms with van der Waals surface area (Å²) in [5, 5.41) is 21.8. The molecule has 5 nitrogen and oxygen atoms in total. The number of hydrogen-bond acceptors (Lipinski definition) is 5. The third kappa shape index (κ3) is 1.76. The summed E-state index contributed by atoms with van der Waals surface area (Å²) < 4.78 is 11.9. The number of aliphatic hydroxyl groups excluding tert-OH is 1. The lowest BCUT2D eigenvalue weighted by Gasteiger charge is -2.61. The SMILES string of the molecule is CC1=C2C[C@]3(C)[C@@H](C)CC[C@@H]4OC(=O)C[C@H]1O[C@]2(CO)C[C@@]43O. The summed E-state index contributed by atoms with van der Waals surface area (Å²) in [7, 11) is 0. The van der Waals surface area contributed by atoms with Crippen LogP contribution in [0.3, 0.4) is 0 Å². The van der Waals surface area contributed by atoms with Crippen LogP contribution in [0.15, 0.2) is 11.1 Å². The Morgan fingerprint density at radius 3 is 2.78 bits per heavy atom. The first kappa shape index (κ1) is 15.6. The maximum atomic E-state index is 12.3. The molecular formula is C18H26O5. The zero-order valence-electron chi connectivity index (χ0n) is 14.1. The molecule has 5 heteroatoms. The van der Waals surface area contributed by atoms with E-state index in [4.69, 9.17) is 9.47 Å². The van der Waals surface area contributed by atoms with Crippen molar-refractivity contribution in [2.24, 2.45) is 11.3 Å². The van der Waals surface area contributed by atoms with E-state index in [1.165, 1.54) is 0 Å². The molecule has 2 aliphatic carbocycles. The predicted molar refractivity (Wildman–Crippen MR) is 82.6 cm³/mol. The second-order valence-corrected chi connectivity index (χ2v) is 8.28. The van der Waals surface area contributed by atoms with Crippen LogP contribution in [0, 0.1) is 11.3 Å². The van der Waals surface area contributed by atoms with Gasteiger partial charge in [0.2, 0.25) is 0 Å². The van der Waals surface area contributed by atoms with Gasteiger partial charge < -0.3 is 19.7 Å². The van der Waals surface area contributed by atoms with Crippen molar-refractivity contribution in [3.63, 3.8) is 0 Å². The topological polar surface area (TPSA) is 76.0 Å². The number of rotatable bonds is 1. The smallest absolute Gasteiger partial charge is 0.309 e. The molecule has 0 aromatic carbocycles. The maximum absolute atomic E-state index is 12.3. The molecule has 2 heterocycles. The van der Waals surface area contributed by atoms with Crippen LogP contribution in [-0.4, -0.2) is 46.2 Å². The molecule has 2 saturated carbocycles. The summed E-state index contributed by atoms with van der Waals surface area (Å²) in [6.45, 7) is 6.10. The molecule has 2 N–H and O–H groups in total. The summed E-state index contributed by atoms with van der Waals surface area (Å²) in [5.74, 6) is 0.00416. The van der Waals surface area contributed by atoms with Crippen molar-refractivity contribution in [3.05, 3.63) is 11.1 Å². The van der Waals surface area contributed by atoms with Crippen LogP contribution >= 0.6 is 0 Å². The Morgan fingerprint density at radius 1 is 1.35 bits per heavy atom. The van der Waals surface area contributed by atoms with Crippen LogP contribution in [0.4, 0.5) is 0 Å². The second-order valence-electron chi connectivity index (χ2n) is 8.28. The third-order valence-electron chi connectivity index (χ3n) is 7.33. The monoisotopic (exact) mass is 322 g/mol. The maximum Gasteiger partial charge on any atom is 0.309 e. The summed E-state index contributed by atoms with van der Waals surface area (Å²) in [4.78, 5) is 12.3. The lowest BCUT2D eigenvalue weighted by atomic mass is 9.48. The van der Waals surface area contributed by atoms with E-state index in [0.717, 1.165) is 17.6 Å². The Labute approximate surface area is 136 Å². The Morgan fingerprint density at radius 2 is 2.09 bits per heavy atom. The Hall–Kier alpha value is -0.910. The van der Waals surface area contributed by atoms with Crippen LogP contribution < -0.4 is 0 Å². The number of aliphatic hydroxyl groups is 2. The van der Waals surface area contributed by atoms with Crippen molar-refractivity contribution < 1.29 is 24.5 Å². The van der Waals surface area contributed by atoms with Crippen LogP contribution in [0.2, 0.25) is 0 Å². The first-order valence-corrected chi connectivity index (χ1v) is 8.66. The Balaban J connectivity index is 1.94. The van der Waals surface area contributed by atoms with Gasteiger partial charge in [0.1, 0.15) is 17.3 Å². The number of carbonyl (C=O) groups is 1. The van der Waals surface area contributed by atoms with E-state index in [1.54, 1.807) is 0 Å². The van der Waals surface area contributed by atoms with E-state index in [1.807, 2.05) is 6.92 Å². The predicted octanol–water partition coefficient (Wildman–Crippen LogP) is 1.71. The van der Waals surface area contributed by atoms with Crippen LogP contribution in [0.1, 0.15) is 52.9 Å². The van der Waals surface area contributed by atoms with Gasteiger partial charge in [-0.1, -0.05) is 13.8 Å². The fourth-order valence-electron chi connectivity index (χ4n) is 5.53. The Bertz CT molecular complexity index is 598. The molecule has 23 heavy (non-hydrogen) atoms. The molecule has 0 aromatic heterocycles. The highest BCUT2D eigenvalue weighted by molar-refractivity contribution is 5.71. The van der Waals surface area contributed by atoms with Gasteiger partial charge in [0.15, 0.2) is 0 Å². The second kappa shape index (κ2) is 4.58. The molecular weight excluding hydrogens is 296 g/mol. The number of ether oxygens (including phenoxy) is 2. The van der Waals surface area contributed by atoms with Crippen LogP contribution in [0.25, 0.3) is 0 Å². The molecule has 0 aromatic rings. The third-order valence-corrected chi connectivity index (χ3v) is 7.33. The van der Waals surface area contributed by atoms with Crippen molar-refractivity contribution in [3.8, 4) is 0 Å². The highest BCUT2D eigenvalue weighted by atomic mass is 16.6. The minimum atomic E-state index is -1.16. The molecule has 1 saturated heterocycles. The van der Waals surface area contributed by atoms with Gasteiger partial charge in [-0.15, -0.1) is 0 Å². The van der Waals surface area contributed by atoms with E-state index in [0.29, 0.717) is 25.2 Å². The minimum absolute atomic E-state index is 0.163. The standard InChI is InChI=1S/C18H26O5/c1-10-4-5-14-18(21)8-17(9-19)12(7-16(10,18)3)11(2)13(23-17)6-15(20)22-14/h10,13-14,19,21H,4-9H2,1-3H3/t10-,13+,14-,16+,17-,18+/m0/s1. The van der Waals surface area contributed by atoms with Crippen molar-refractivity contribution in [2.75, 3.05) is 6.61 Å². The van der Waals surface area contributed by atoms with Gasteiger partial charge in [0.25, 0.3) is 0 Å². The molecule has 0 spiro atoms. The first-order chi connectivity index (χ1) is 10.8. The van der Waals surface area contributed by atoms with Crippen LogP contribution in [0.5, 0.6) is 0 Å². The summed E-state index contributed by atoms with van der Waals surface area (Å²) >= 11 is 0. The van der Waals surface area contributed by atoms with Gasteiger partial charge in [-0.3, -0.25) is 4.79 Å². The molecule has 3 fully saturated rings. The van der Waals surface area contributed by atoms with Crippen molar-refractivity contribution in [1.82, 2.24) is 0 Å². The molecule has 4 rings (SSSR count). The zero-order valence-corrected chi connectivity index (χ0v) is 14.1. The first-order valence-electron chi connectivity index (χ1n) is 8.66. The summed E-state index contributed by atoms with van der Waals surface area (Å²) in [6, 6.07) is 0. The number of hydrogen-bond donors (Lipinski definition) is 2. The van der Waals surface area contributed by atoms with Gasteiger partial charge in [0, 0.05) is 11.8 Å². The van der Waals surface area contributed by atoms with Gasteiger partial charge >= 0.3 is 5.97 Å². The minimum Gasteiger partial charge on any atom is -0.459 e. The molecule has 6 atom stereocenters. The number of carbonyl (C=O) groups excluding carboxylic acids is 1. The average Bonchev–Trinajstić information content (AvgIpc) is 2.76. The molecule has 3 bridgehead atoms. The highest BCUT2D eigenvalue weighted by Gasteiger charge is 2.68. The fourth-order valence-corrected chi connectivity index (χ4v) is 5.53. The average molecular weight is 322 g/mol. The molecule has 2 aliphatic heterocycles. The fraction of sp³-hybridized carbons (Fsp3) is 0.833. The summed E-state index contributed by atoms with van der Waals surface area (Å²) in [6.07, 6.45) is 1.91. The molecule has 0 radical (unpaired) electrons. The lowest BCUT2D eigenvalue weighted by molar-refractivity contribution is -0.245. The van der Waals surface area contributed by atoms with E-state index in [2.05, 4.69) is 13.8 Å². The van der Waals surface area contributed by atoms with Crippen molar-refractivity contribution in [1.29, 1.82) is 0 Å². The number of fused-ring (bicyclic) bond motifs is 1. The van der Waals surface area contributed by atoms with E-state index >= 15 is 0 Å². The van der Waals surface area contributed by atoms with Gasteiger partial charge in [0.05, 0.1) is 19.1 Å². The summed E-state index contributed by atoms with van der Waals surface area (Å²) in [5.41, 5.74) is -0.255. The number of esters is 1. The molecule has 0 unspecified atom stereocenters. The van der Waals surface area contributed by atoms with Gasteiger partial charge in [-0.25, -0.2) is 0 Å². The van der Waals surface area contributed by atoms with Crippen molar-refractivity contribution >= 4 is 5.97 Å². The van der Waals surface area contributed by atoms with Gasteiger partial charge in [-0.05, 0) is 43.3 Å². The van der Waals surface area contributed by atoms with E-state index in [9.17, 15) is 15.0 Å². The Kier molecular flexibility index (Phi) is 3.11. The highest BCUT2D eigenvalue weighted by Crippen LogP contribution is 2.63. The molecule has 128 valence electrons. The van der Waals surface area contributed by atoms with Gasteiger partial charge in [-0.2, -0.15) is 0 Å². The lowest BCUT2D eigenvalue weighted by Crippen LogP contribution is -2.68. The normalized spacial score (nSPS) is 52.0. The van der Waals surface area contributed by atoms with E-state index in [-0.39, 0.29) is 30.5 Å². The quantitative estimate of drug-likeness (QED) is 0.568. The van der Waals surface area contributed by atoms with Crippen molar-refractivity contribution in [2.45, 2.75) is 76.3 Å². The molecule has 0 amide bonds. The largest absolute Gasteiger partial charge is 0.459 e. The van der Waals surface area contributed by atoms with E-state index < -0.39 is 17.3 Å².